The number of carboxylic acids is 1. The van der Waals surface area contributed by atoms with Crippen LogP contribution in [0.2, 0.25) is 0 Å². The lowest BCUT2D eigenvalue weighted by molar-refractivity contribution is -0.151. The van der Waals surface area contributed by atoms with Crippen LogP contribution in [0.4, 0.5) is 0 Å². The van der Waals surface area contributed by atoms with Crippen LogP contribution in [0.5, 0.6) is 0 Å². The van der Waals surface area contributed by atoms with E-state index in [-0.39, 0.29) is 5.92 Å². The molecular formula is C7H14O3. The van der Waals surface area contributed by atoms with Gasteiger partial charge in [0.2, 0.25) is 0 Å². The number of methoxy groups -OCH3 is 1. The van der Waals surface area contributed by atoms with Crippen molar-refractivity contribution in [1.29, 1.82) is 0 Å². The van der Waals surface area contributed by atoms with Gasteiger partial charge in [-0.3, -0.25) is 0 Å². The molecule has 3 nitrogen and oxygen atoms in total. The number of ether oxygens (including phenoxy) is 1. The van der Waals surface area contributed by atoms with Crippen LogP contribution >= 0.6 is 0 Å². The molecule has 0 aliphatic heterocycles. The molecule has 10 heavy (non-hydrogen) atoms. The third-order valence-corrected chi connectivity index (χ3v) is 1.66. The molecule has 0 aliphatic rings. The molecular weight excluding hydrogens is 132 g/mol. The summed E-state index contributed by atoms with van der Waals surface area (Å²) < 4.78 is 4.76. The van der Waals surface area contributed by atoms with Gasteiger partial charge in [-0.25, -0.2) is 4.79 Å². The maximum atomic E-state index is 10.4. The van der Waals surface area contributed by atoms with Crippen molar-refractivity contribution >= 4 is 5.97 Å². The molecule has 0 spiro atoms. The van der Waals surface area contributed by atoms with Crippen molar-refractivity contribution in [2.75, 3.05) is 7.11 Å². The molecule has 1 N–H and O–H groups in total. The summed E-state index contributed by atoms with van der Waals surface area (Å²) >= 11 is 0. The van der Waals surface area contributed by atoms with E-state index in [0.717, 1.165) is 6.42 Å². The van der Waals surface area contributed by atoms with E-state index in [0.29, 0.717) is 0 Å². The largest absolute Gasteiger partial charge is 0.479 e. The monoisotopic (exact) mass is 146 g/mol. The molecule has 3 heteroatoms. The average Bonchev–Trinajstić information content (AvgIpc) is 1.88. The molecule has 60 valence electrons. The van der Waals surface area contributed by atoms with Gasteiger partial charge in [-0.1, -0.05) is 20.3 Å². The topological polar surface area (TPSA) is 46.5 Å². The van der Waals surface area contributed by atoms with E-state index in [1.807, 2.05) is 13.8 Å². The Labute approximate surface area is 61.0 Å². The fourth-order valence-corrected chi connectivity index (χ4v) is 0.791. The molecule has 0 aliphatic carbocycles. The molecule has 0 rings (SSSR count). The van der Waals surface area contributed by atoms with Gasteiger partial charge >= 0.3 is 5.97 Å². The normalized spacial score (nSPS) is 16.3. The van der Waals surface area contributed by atoms with Crippen molar-refractivity contribution in [3.63, 3.8) is 0 Å². The van der Waals surface area contributed by atoms with E-state index < -0.39 is 12.1 Å². The summed E-state index contributed by atoms with van der Waals surface area (Å²) in [5, 5.41) is 8.55. The van der Waals surface area contributed by atoms with Gasteiger partial charge in [-0.05, 0) is 5.92 Å². The van der Waals surface area contributed by atoms with Crippen LogP contribution in [0, 0.1) is 5.92 Å². The van der Waals surface area contributed by atoms with Crippen molar-refractivity contribution in [1.82, 2.24) is 0 Å². The minimum absolute atomic E-state index is 0.0856. The van der Waals surface area contributed by atoms with Crippen molar-refractivity contribution in [2.45, 2.75) is 26.4 Å². The van der Waals surface area contributed by atoms with E-state index in [4.69, 9.17) is 9.84 Å². The van der Waals surface area contributed by atoms with Crippen molar-refractivity contribution < 1.29 is 14.6 Å². The summed E-state index contributed by atoms with van der Waals surface area (Å²) in [4.78, 5) is 10.4. The molecule has 0 aromatic heterocycles. The third kappa shape index (κ3) is 2.35. The maximum absolute atomic E-state index is 10.4. The smallest absolute Gasteiger partial charge is 0.333 e. The highest BCUT2D eigenvalue weighted by Crippen LogP contribution is 2.10. The summed E-state index contributed by atoms with van der Waals surface area (Å²) in [6.07, 6.45) is 0.176. The highest BCUT2D eigenvalue weighted by molar-refractivity contribution is 5.72. The molecule has 0 heterocycles. The van der Waals surface area contributed by atoms with Crippen molar-refractivity contribution in [2.24, 2.45) is 5.92 Å². The van der Waals surface area contributed by atoms with Gasteiger partial charge in [0.25, 0.3) is 0 Å². The molecule has 0 saturated carbocycles. The zero-order chi connectivity index (χ0) is 8.15. The summed E-state index contributed by atoms with van der Waals surface area (Å²) in [6.45, 7) is 3.81. The number of carbonyl (C=O) groups is 1. The summed E-state index contributed by atoms with van der Waals surface area (Å²) in [5.41, 5.74) is 0. The van der Waals surface area contributed by atoms with Crippen molar-refractivity contribution in [3.05, 3.63) is 0 Å². The number of hydrogen-bond donors (Lipinski definition) is 1. The number of hydrogen-bond acceptors (Lipinski definition) is 2. The second-order valence-corrected chi connectivity index (χ2v) is 2.38. The zero-order valence-electron chi connectivity index (χ0n) is 6.63. The minimum Gasteiger partial charge on any atom is -0.479 e. The Morgan fingerprint density at radius 3 is 2.30 bits per heavy atom. The van der Waals surface area contributed by atoms with Crippen LogP contribution in [0.3, 0.4) is 0 Å². The van der Waals surface area contributed by atoms with E-state index >= 15 is 0 Å². The van der Waals surface area contributed by atoms with Crippen LogP contribution in [0.15, 0.2) is 0 Å². The Morgan fingerprint density at radius 1 is 1.70 bits per heavy atom. The molecule has 0 aromatic carbocycles. The molecule has 0 amide bonds. The molecule has 0 unspecified atom stereocenters. The molecule has 2 atom stereocenters. The van der Waals surface area contributed by atoms with Gasteiger partial charge in [0, 0.05) is 7.11 Å². The van der Waals surface area contributed by atoms with E-state index in [1.165, 1.54) is 7.11 Å². The first-order valence-electron chi connectivity index (χ1n) is 3.39. The quantitative estimate of drug-likeness (QED) is 0.646. The van der Waals surface area contributed by atoms with Crippen LogP contribution in [0.25, 0.3) is 0 Å². The van der Waals surface area contributed by atoms with Gasteiger partial charge in [-0.15, -0.1) is 0 Å². The second kappa shape index (κ2) is 4.28. The van der Waals surface area contributed by atoms with Gasteiger partial charge in [0.1, 0.15) is 0 Å². The molecule has 0 saturated heterocycles. The Bertz CT molecular complexity index is 111. The first-order valence-corrected chi connectivity index (χ1v) is 3.39. The first-order chi connectivity index (χ1) is 4.63. The highest BCUT2D eigenvalue weighted by Gasteiger charge is 2.21. The molecule has 0 aromatic rings. The number of carboxylic acid groups (broad SMARTS) is 1. The van der Waals surface area contributed by atoms with Gasteiger partial charge in [0.15, 0.2) is 6.10 Å². The predicted molar refractivity (Wildman–Crippen MR) is 37.9 cm³/mol. The summed E-state index contributed by atoms with van der Waals surface area (Å²) in [7, 11) is 1.42. The number of aliphatic carboxylic acids is 1. The lowest BCUT2D eigenvalue weighted by atomic mass is 10.0. The van der Waals surface area contributed by atoms with E-state index in [1.54, 1.807) is 0 Å². The lowest BCUT2D eigenvalue weighted by Gasteiger charge is -2.15. The first kappa shape index (κ1) is 9.43. The standard InChI is InChI=1S/C7H14O3/c1-4-5(2)6(10-3)7(8)9/h5-6H,4H2,1-3H3,(H,8,9)/t5-,6-/m0/s1. The van der Waals surface area contributed by atoms with Crippen LogP contribution in [0.1, 0.15) is 20.3 Å². The second-order valence-electron chi connectivity index (χ2n) is 2.38. The summed E-state index contributed by atoms with van der Waals surface area (Å²) in [6, 6.07) is 0. The van der Waals surface area contributed by atoms with Gasteiger partial charge in [0.05, 0.1) is 0 Å². The highest BCUT2D eigenvalue weighted by atomic mass is 16.5. The molecule has 0 radical (unpaired) electrons. The Hall–Kier alpha value is -0.570. The maximum Gasteiger partial charge on any atom is 0.333 e. The third-order valence-electron chi connectivity index (χ3n) is 1.66. The zero-order valence-corrected chi connectivity index (χ0v) is 6.63. The Kier molecular flexibility index (Phi) is 4.03. The predicted octanol–water partition coefficient (Wildman–Crippen LogP) is 1.13. The fourth-order valence-electron chi connectivity index (χ4n) is 0.791. The fraction of sp³-hybridized carbons (Fsp3) is 0.857. The Morgan fingerprint density at radius 2 is 2.20 bits per heavy atom. The average molecular weight is 146 g/mol. The molecule has 0 fully saturated rings. The van der Waals surface area contributed by atoms with Crippen molar-refractivity contribution in [3.8, 4) is 0 Å². The minimum atomic E-state index is -0.878. The van der Waals surface area contributed by atoms with E-state index in [2.05, 4.69) is 0 Å². The van der Waals surface area contributed by atoms with Gasteiger partial charge in [-0.2, -0.15) is 0 Å². The SMILES string of the molecule is CC[C@H](C)[C@H](OC)C(=O)O. The van der Waals surface area contributed by atoms with Crippen LogP contribution in [-0.4, -0.2) is 24.3 Å². The Balaban J connectivity index is 3.92. The summed E-state index contributed by atoms with van der Waals surface area (Å²) in [5.74, 6) is -0.792. The molecule has 0 bridgehead atoms. The van der Waals surface area contributed by atoms with E-state index in [9.17, 15) is 4.79 Å². The van der Waals surface area contributed by atoms with Crippen LogP contribution in [-0.2, 0) is 9.53 Å². The number of rotatable bonds is 4. The van der Waals surface area contributed by atoms with Gasteiger partial charge < -0.3 is 9.84 Å². The lowest BCUT2D eigenvalue weighted by Crippen LogP contribution is -2.29. The van der Waals surface area contributed by atoms with Crippen LogP contribution < -0.4 is 0 Å².